The third-order valence-electron chi connectivity index (χ3n) is 4.16. The van der Waals surface area contributed by atoms with Crippen LogP contribution in [0, 0.1) is 29.1 Å². The molecule has 2 aliphatic rings. The molecule has 0 amide bonds. The first-order valence-electron chi connectivity index (χ1n) is 6.41. The zero-order chi connectivity index (χ0) is 10.7. The van der Waals surface area contributed by atoms with Gasteiger partial charge in [-0.25, -0.2) is 0 Å². The predicted molar refractivity (Wildman–Crippen MR) is 61.2 cm³/mol. The minimum atomic E-state index is 0.275. The average molecular weight is 206 g/mol. The van der Waals surface area contributed by atoms with Crippen molar-refractivity contribution in [3.63, 3.8) is 0 Å². The van der Waals surface area contributed by atoms with E-state index in [-0.39, 0.29) is 5.92 Å². The summed E-state index contributed by atoms with van der Waals surface area (Å²) in [5.74, 6) is 2.15. The highest BCUT2D eigenvalue weighted by atomic mass is 14.9. The van der Waals surface area contributed by atoms with Crippen LogP contribution < -0.4 is 5.32 Å². The van der Waals surface area contributed by atoms with E-state index >= 15 is 0 Å². The molecule has 2 atom stereocenters. The fourth-order valence-electron chi connectivity index (χ4n) is 3.06. The van der Waals surface area contributed by atoms with E-state index in [0.717, 1.165) is 24.8 Å². The second kappa shape index (κ2) is 4.99. The first-order valence-corrected chi connectivity index (χ1v) is 6.41. The van der Waals surface area contributed by atoms with Crippen LogP contribution in [-0.2, 0) is 0 Å². The molecule has 84 valence electrons. The first-order chi connectivity index (χ1) is 7.28. The number of nitrogens with one attached hydrogen (secondary N) is 1. The summed E-state index contributed by atoms with van der Waals surface area (Å²) in [5, 5.41) is 12.3. The van der Waals surface area contributed by atoms with Gasteiger partial charge in [0.1, 0.15) is 0 Å². The van der Waals surface area contributed by atoms with E-state index in [1.807, 2.05) is 0 Å². The Morgan fingerprint density at radius 2 is 2.00 bits per heavy atom. The van der Waals surface area contributed by atoms with Gasteiger partial charge >= 0.3 is 0 Å². The van der Waals surface area contributed by atoms with Gasteiger partial charge in [0.05, 0.1) is 12.0 Å². The van der Waals surface area contributed by atoms with Crippen LogP contribution in [0.1, 0.15) is 45.4 Å². The van der Waals surface area contributed by atoms with Crippen LogP contribution in [0.4, 0.5) is 0 Å². The molecule has 1 heterocycles. The predicted octanol–water partition coefficient (Wildman–Crippen LogP) is 2.70. The maximum absolute atomic E-state index is 8.83. The number of rotatable bonds is 2. The quantitative estimate of drug-likeness (QED) is 0.754. The maximum atomic E-state index is 8.83. The Hall–Kier alpha value is -0.550. The molecule has 0 radical (unpaired) electrons. The Morgan fingerprint density at radius 3 is 2.60 bits per heavy atom. The zero-order valence-electron chi connectivity index (χ0n) is 9.71. The third kappa shape index (κ3) is 2.95. The molecule has 2 heteroatoms. The summed E-state index contributed by atoms with van der Waals surface area (Å²) in [6, 6.07) is 3.01. The number of nitriles is 1. The summed E-state index contributed by atoms with van der Waals surface area (Å²) in [6.45, 7) is 3.29. The molecule has 0 bridgehead atoms. The Balaban J connectivity index is 1.72. The smallest absolute Gasteiger partial charge is 0.0669 e. The van der Waals surface area contributed by atoms with Crippen LogP contribution in [0.2, 0.25) is 0 Å². The van der Waals surface area contributed by atoms with Gasteiger partial charge in [0.2, 0.25) is 0 Å². The van der Waals surface area contributed by atoms with E-state index in [2.05, 4.69) is 18.3 Å². The second-order valence-electron chi connectivity index (χ2n) is 5.53. The zero-order valence-corrected chi connectivity index (χ0v) is 9.71. The lowest BCUT2D eigenvalue weighted by Crippen LogP contribution is -2.26. The summed E-state index contributed by atoms with van der Waals surface area (Å²) in [7, 11) is 0. The van der Waals surface area contributed by atoms with E-state index in [1.165, 1.54) is 32.1 Å². The molecule has 0 aromatic heterocycles. The van der Waals surface area contributed by atoms with Gasteiger partial charge in [-0.3, -0.25) is 0 Å². The number of hydrogen-bond donors (Lipinski definition) is 1. The molecule has 15 heavy (non-hydrogen) atoms. The molecule has 1 saturated heterocycles. The maximum Gasteiger partial charge on any atom is 0.0669 e. The van der Waals surface area contributed by atoms with Gasteiger partial charge in [0.25, 0.3) is 0 Å². The van der Waals surface area contributed by atoms with E-state index in [9.17, 15) is 0 Å². The van der Waals surface area contributed by atoms with Gasteiger partial charge in [0, 0.05) is 12.6 Å². The van der Waals surface area contributed by atoms with Crippen molar-refractivity contribution in [2.24, 2.45) is 17.8 Å². The molecule has 0 aromatic carbocycles. The molecule has 1 saturated carbocycles. The summed E-state index contributed by atoms with van der Waals surface area (Å²) in [5.41, 5.74) is 0. The first kappa shape index (κ1) is 11.0. The largest absolute Gasteiger partial charge is 0.313 e. The van der Waals surface area contributed by atoms with Gasteiger partial charge in [-0.15, -0.1) is 0 Å². The van der Waals surface area contributed by atoms with Gasteiger partial charge in [0.15, 0.2) is 0 Å². The van der Waals surface area contributed by atoms with Crippen LogP contribution >= 0.6 is 0 Å². The third-order valence-corrected chi connectivity index (χ3v) is 4.16. The van der Waals surface area contributed by atoms with Crippen LogP contribution in [0.15, 0.2) is 0 Å². The molecule has 2 nitrogen and oxygen atoms in total. The molecule has 2 unspecified atom stereocenters. The van der Waals surface area contributed by atoms with Crippen LogP contribution in [0.3, 0.4) is 0 Å². The minimum Gasteiger partial charge on any atom is -0.313 e. The van der Waals surface area contributed by atoms with Crippen LogP contribution in [0.5, 0.6) is 0 Å². The van der Waals surface area contributed by atoms with E-state index in [1.54, 1.807) is 0 Å². The topological polar surface area (TPSA) is 35.8 Å². The van der Waals surface area contributed by atoms with Crippen molar-refractivity contribution in [2.75, 3.05) is 6.54 Å². The normalized spacial score (nSPS) is 41.3. The number of nitrogens with zero attached hydrogens (tertiary/aromatic N) is 1. The van der Waals surface area contributed by atoms with Crippen LogP contribution in [-0.4, -0.2) is 12.6 Å². The highest BCUT2D eigenvalue weighted by Crippen LogP contribution is 2.32. The molecular weight excluding hydrogens is 184 g/mol. The molecule has 2 fully saturated rings. The van der Waals surface area contributed by atoms with Crippen molar-refractivity contribution in [1.82, 2.24) is 5.32 Å². The van der Waals surface area contributed by atoms with E-state index in [4.69, 9.17) is 5.26 Å². The average Bonchev–Trinajstić information content (AvgIpc) is 2.69. The van der Waals surface area contributed by atoms with Gasteiger partial charge in [-0.1, -0.05) is 32.6 Å². The molecule has 2 rings (SSSR count). The Labute approximate surface area is 93.0 Å². The lowest BCUT2D eigenvalue weighted by Gasteiger charge is -2.28. The highest BCUT2D eigenvalue weighted by molar-refractivity contribution is 4.94. The summed E-state index contributed by atoms with van der Waals surface area (Å²) in [4.78, 5) is 0. The molecule has 0 spiro atoms. The SMILES string of the molecule is CC1CCC(CC2CC(C#N)CN2)CC1. The van der Waals surface area contributed by atoms with Crippen molar-refractivity contribution in [1.29, 1.82) is 5.26 Å². The summed E-state index contributed by atoms with van der Waals surface area (Å²) in [6.07, 6.45) is 8.05. The van der Waals surface area contributed by atoms with Gasteiger partial charge in [-0.05, 0) is 24.7 Å². The van der Waals surface area contributed by atoms with Crippen molar-refractivity contribution in [3.8, 4) is 6.07 Å². The lowest BCUT2D eigenvalue weighted by molar-refractivity contribution is 0.259. The monoisotopic (exact) mass is 206 g/mol. The summed E-state index contributed by atoms with van der Waals surface area (Å²) >= 11 is 0. The van der Waals surface area contributed by atoms with Crippen molar-refractivity contribution in [3.05, 3.63) is 0 Å². The Kier molecular flexibility index (Phi) is 3.64. The highest BCUT2D eigenvalue weighted by Gasteiger charge is 2.27. The second-order valence-corrected chi connectivity index (χ2v) is 5.53. The van der Waals surface area contributed by atoms with Gasteiger partial charge in [-0.2, -0.15) is 5.26 Å². The molecule has 1 N–H and O–H groups in total. The van der Waals surface area contributed by atoms with Crippen LogP contribution in [0.25, 0.3) is 0 Å². The summed E-state index contributed by atoms with van der Waals surface area (Å²) < 4.78 is 0. The Morgan fingerprint density at radius 1 is 1.27 bits per heavy atom. The molecular formula is C13H22N2. The molecule has 1 aliphatic heterocycles. The lowest BCUT2D eigenvalue weighted by atomic mass is 9.79. The van der Waals surface area contributed by atoms with Gasteiger partial charge < -0.3 is 5.32 Å². The van der Waals surface area contributed by atoms with Crippen molar-refractivity contribution < 1.29 is 0 Å². The molecule has 1 aliphatic carbocycles. The molecule has 0 aromatic rings. The van der Waals surface area contributed by atoms with Crippen molar-refractivity contribution >= 4 is 0 Å². The standard InChI is InChI=1S/C13H22N2/c1-10-2-4-11(5-3-10)6-13-7-12(8-14)9-15-13/h10-13,15H,2-7,9H2,1H3. The fraction of sp³-hybridized carbons (Fsp3) is 0.923. The van der Waals surface area contributed by atoms with E-state index in [0.29, 0.717) is 6.04 Å². The number of hydrogen-bond acceptors (Lipinski definition) is 2. The van der Waals surface area contributed by atoms with E-state index < -0.39 is 0 Å². The fourth-order valence-corrected chi connectivity index (χ4v) is 3.06. The Bertz CT molecular complexity index is 235. The van der Waals surface area contributed by atoms with Crippen molar-refractivity contribution in [2.45, 2.75) is 51.5 Å². The minimum absolute atomic E-state index is 0.275.